The van der Waals surface area contributed by atoms with Gasteiger partial charge < -0.3 is 10.1 Å². The van der Waals surface area contributed by atoms with Gasteiger partial charge in [0.25, 0.3) is 5.91 Å². The molecule has 0 radical (unpaired) electrons. The lowest BCUT2D eigenvalue weighted by Crippen LogP contribution is -2.30. The molecular weight excluding hydrogens is 465 g/mol. The highest BCUT2D eigenvalue weighted by Gasteiger charge is 2.49. The van der Waals surface area contributed by atoms with Gasteiger partial charge in [0.05, 0.1) is 28.7 Å². The number of halogens is 3. The topological polar surface area (TPSA) is 92.8 Å². The molecule has 184 valence electrons. The van der Waals surface area contributed by atoms with Gasteiger partial charge in [0.1, 0.15) is 0 Å². The number of carbonyl (C=O) groups is 4. The molecule has 0 unspecified atom stereocenters. The van der Waals surface area contributed by atoms with Crippen molar-refractivity contribution in [2.45, 2.75) is 32.4 Å². The first-order valence-corrected chi connectivity index (χ1v) is 11.2. The maximum absolute atomic E-state index is 12.8. The van der Waals surface area contributed by atoms with Crippen molar-refractivity contribution in [3.63, 3.8) is 0 Å². The fourth-order valence-electron chi connectivity index (χ4n) is 4.58. The van der Waals surface area contributed by atoms with Crippen LogP contribution in [0.1, 0.15) is 42.1 Å². The molecule has 1 heterocycles. The van der Waals surface area contributed by atoms with Crippen molar-refractivity contribution in [2.24, 2.45) is 17.8 Å². The van der Waals surface area contributed by atoms with E-state index in [1.54, 1.807) is 0 Å². The molecule has 7 nitrogen and oxygen atoms in total. The SMILES string of the molecule is C[C@@H]1CC[C@H]2C(=O)N(c3ccc(C(=O)OCC(=O)Nc4cccc(C(F)(F)F)c4)cc3)C(=O)[C@@H]2C1. The summed E-state index contributed by atoms with van der Waals surface area (Å²) in [4.78, 5) is 51.1. The number of alkyl halides is 3. The van der Waals surface area contributed by atoms with E-state index >= 15 is 0 Å². The Kier molecular flexibility index (Phi) is 6.64. The molecule has 1 aliphatic carbocycles. The summed E-state index contributed by atoms with van der Waals surface area (Å²) in [5, 5.41) is 2.25. The van der Waals surface area contributed by atoms with E-state index < -0.39 is 30.2 Å². The summed E-state index contributed by atoms with van der Waals surface area (Å²) in [6, 6.07) is 9.78. The highest BCUT2D eigenvalue weighted by molar-refractivity contribution is 6.22. The molecule has 2 aromatic rings. The summed E-state index contributed by atoms with van der Waals surface area (Å²) in [7, 11) is 0. The van der Waals surface area contributed by atoms with Gasteiger partial charge in [-0.3, -0.25) is 19.3 Å². The van der Waals surface area contributed by atoms with E-state index in [1.165, 1.54) is 35.2 Å². The van der Waals surface area contributed by atoms with E-state index in [2.05, 4.69) is 12.2 Å². The molecule has 10 heteroatoms. The number of nitrogens with zero attached hydrogens (tertiary/aromatic N) is 1. The van der Waals surface area contributed by atoms with Crippen LogP contribution in [0.4, 0.5) is 24.5 Å². The zero-order valence-electron chi connectivity index (χ0n) is 18.8. The van der Waals surface area contributed by atoms with E-state index in [9.17, 15) is 32.3 Å². The van der Waals surface area contributed by atoms with Gasteiger partial charge in [-0.25, -0.2) is 4.79 Å². The highest BCUT2D eigenvalue weighted by Crippen LogP contribution is 2.42. The predicted molar refractivity (Wildman–Crippen MR) is 119 cm³/mol. The number of imide groups is 1. The monoisotopic (exact) mass is 488 g/mol. The standard InChI is InChI=1S/C25H23F3N2O5/c1-14-5-10-19-20(11-14)23(33)30(22(19)32)18-8-6-15(7-9-18)24(34)35-13-21(31)29-17-4-2-3-16(12-17)25(26,27)28/h2-4,6-9,12,14,19-20H,5,10-11,13H2,1H3,(H,29,31)/t14-,19-,20-/m1/s1. The minimum Gasteiger partial charge on any atom is -0.452 e. The Morgan fingerprint density at radius 2 is 1.71 bits per heavy atom. The van der Waals surface area contributed by atoms with Crippen molar-refractivity contribution in [3.8, 4) is 0 Å². The zero-order chi connectivity index (χ0) is 25.3. The van der Waals surface area contributed by atoms with Crippen molar-refractivity contribution in [1.82, 2.24) is 0 Å². The molecule has 0 spiro atoms. The Morgan fingerprint density at radius 3 is 2.40 bits per heavy atom. The van der Waals surface area contributed by atoms with E-state index in [-0.39, 0.29) is 34.9 Å². The first-order chi connectivity index (χ1) is 16.5. The predicted octanol–water partition coefficient (Wildman–Crippen LogP) is 4.43. The molecule has 35 heavy (non-hydrogen) atoms. The summed E-state index contributed by atoms with van der Waals surface area (Å²) in [5.74, 6) is -2.33. The van der Waals surface area contributed by atoms with Gasteiger partial charge in [-0.1, -0.05) is 13.0 Å². The molecule has 1 saturated carbocycles. The molecule has 2 aromatic carbocycles. The molecule has 1 aliphatic heterocycles. The van der Waals surface area contributed by atoms with Crippen LogP contribution in [0, 0.1) is 17.8 Å². The number of fused-ring (bicyclic) bond motifs is 1. The van der Waals surface area contributed by atoms with Gasteiger partial charge in [0.2, 0.25) is 11.8 Å². The maximum Gasteiger partial charge on any atom is 0.416 e. The Hall–Kier alpha value is -3.69. The lowest BCUT2D eigenvalue weighted by molar-refractivity contribution is -0.137. The summed E-state index contributed by atoms with van der Waals surface area (Å²) in [6.07, 6.45) is -2.29. The molecule has 4 rings (SSSR count). The van der Waals surface area contributed by atoms with Crippen molar-refractivity contribution in [1.29, 1.82) is 0 Å². The Labute approximate surface area is 199 Å². The molecular formula is C25H23F3N2O5. The lowest BCUT2D eigenvalue weighted by atomic mass is 9.76. The van der Waals surface area contributed by atoms with Crippen molar-refractivity contribution in [2.75, 3.05) is 16.8 Å². The number of anilines is 2. The van der Waals surface area contributed by atoms with Crippen LogP contribution >= 0.6 is 0 Å². The average Bonchev–Trinajstić information content (AvgIpc) is 3.06. The number of esters is 1. The van der Waals surface area contributed by atoms with Crippen LogP contribution < -0.4 is 10.2 Å². The van der Waals surface area contributed by atoms with Crippen LogP contribution in [0.3, 0.4) is 0 Å². The lowest BCUT2D eigenvalue weighted by Gasteiger charge is -2.25. The molecule has 1 N–H and O–H groups in total. The molecule has 0 aromatic heterocycles. The van der Waals surface area contributed by atoms with Crippen LogP contribution in [0.25, 0.3) is 0 Å². The Morgan fingerprint density at radius 1 is 1.03 bits per heavy atom. The van der Waals surface area contributed by atoms with Crippen LogP contribution in [0.15, 0.2) is 48.5 Å². The van der Waals surface area contributed by atoms with Gasteiger partial charge in [-0.15, -0.1) is 0 Å². The zero-order valence-corrected chi connectivity index (χ0v) is 18.8. The minimum atomic E-state index is -4.56. The van der Waals surface area contributed by atoms with Gasteiger partial charge in [0.15, 0.2) is 6.61 Å². The van der Waals surface area contributed by atoms with Crippen LogP contribution in [0.5, 0.6) is 0 Å². The molecule has 2 aliphatic rings. The second-order valence-electron chi connectivity index (χ2n) is 8.89. The molecule has 3 amide bonds. The van der Waals surface area contributed by atoms with Gasteiger partial charge in [0, 0.05) is 5.69 Å². The van der Waals surface area contributed by atoms with E-state index in [0.717, 1.165) is 24.6 Å². The number of benzene rings is 2. The van der Waals surface area contributed by atoms with Crippen LogP contribution in [0.2, 0.25) is 0 Å². The number of nitrogens with one attached hydrogen (secondary N) is 1. The van der Waals surface area contributed by atoms with Crippen LogP contribution in [-0.4, -0.2) is 30.3 Å². The van der Waals surface area contributed by atoms with E-state index in [1.807, 2.05) is 0 Å². The molecule has 0 bridgehead atoms. The minimum absolute atomic E-state index is 0.0832. The Balaban J connectivity index is 1.34. The average molecular weight is 488 g/mol. The maximum atomic E-state index is 12.8. The quantitative estimate of drug-likeness (QED) is 0.497. The number of hydrogen-bond acceptors (Lipinski definition) is 5. The third-order valence-corrected chi connectivity index (χ3v) is 6.36. The Bertz CT molecular complexity index is 1160. The number of hydrogen-bond donors (Lipinski definition) is 1. The first kappa shape index (κ1) is 24.4. The second kappa shape index (κ2) is 9.52. The van der Waals surface area contributed by atoms with Gasteiger partial charge in [-0.2, -0.15) is 13.2 Å². The third kappa shape index (κ3) is 5.21. The summed E-state index contributed by atoms with van der Waals surface area (Å²) in [6.45, 7) is 1.36. The molecule has 1 saturated heterocycles. The molecule has 3 atom stereocenters. The van der Waals surface area contributed by atoms with Gasteiger partial charge >= 0.3 is 12.1 Å². The van der Waals surface area contributed by atoms with Crippen molar-refractivity contribution >= 4 is 35.1 Å². The molecule has 2 fully saturated rings. The summed E-state index contributed by atoms with van der Waals surface area (Å²) >= 11 is 0. The van der Waals surface area contributed by atoms with Crippen molar-refractivity contribution < 1.29 is 37.1 Å². The highest BCUT2D eigenvalue weighted by atomic mass is 19.4. The van der Waals surface area contributed by atoms with E-state index in [4.69, 9.17) is 4.74 Å². The summed E-state index contributed by atoms with van der Waals surface area (Å²) < 4.78 is 43.3. The number of carbonyl (C=O) groups excluding carboxylic acids is 4. The first-order valence-electron chi connectivity index (χ1n) is 11.2. The normalized spacial score (nSPS) is 22.1. The number of amides is 3. The second-order valence-corrected chi connectivity index (χ2v) is 8.89. The van der Waals surface area contributed by atoms with Gasteiger partial charge in [-0.05, 0) is 67.6 Å². The fraction of sp³-hybridized carbons (Fsp3) is 0.360. The largest absolute Gasteiger partial charge is 0.452 e. The third-order valence-electron chi connectivity index (χ3n) is 6.36. The smallest absolute Gasteiger partial charge is 0.416 e. The summed E-state index contributed by atoms with van der Waals surface area (Å²) in [5.41, 5.74) is -0.553. The number of rotatable bonds is 5. The van der Waals surface area contributed by atoms with Crippen LogP contribution in [-0.2, 0) is 25.3 Å². The fourth-order valence-corrected chi connectivity index (χ4v) is 4.58. The van der Waals surface area contributed by atoms with E-state index in [0.29, 0.717) is 24.4 Å². The number of ether oxygens (including phenoxy) is 1. The van der Waals surface area contributed by atoms with Crippen molar-refractivity contribution in [3.05, 3.63) is 59.7 Å².